The van der Waals surface area contributed by atoms with Gasteiger partial charge in [0.05, 0.1) is 5.57 Å². The summed E-state index contributed by atoms with van der Waals surface area (Å²) in [4.78, 5) is 16.9. The molecule has 0 unspecified atom stereocenters. The van der Waals surface area contributed by atoms with Gasteiger partial charge in [-0.25, -0.2) is 0 Å². The van der Waals surface area contributed by atoms with Crippen LogP contribution in [0.3, 0.4) is 0 Å². The average molecular weight is 420 g/mol. The molecule has 3 heterocycles. The standard InChI is InChI=1S/C23H25N5OS/c1-12(2)22-26-28-20(24)19(21(29)25-23(28)30-22)11-17-10-15(5)27(16(17)6)18-8-13(3)7-14(4)9-18/h7-12,24H,1-6H3. The lowest BCUT2D eigenvalue weighted by atomic mass is 10.1. The van der Waals surface area contributed by atoms with Crippen LogP contribution in [-0.2, 0) is 4.79 Å². The van der Waals surface area contributed by atoms with Crippen LogP contribution in [0.5, 0.6) is 0 Å². The van der Waals surface area contributed by atoms with Crippen molar-refractivity contribution in [2.24, 2.45) is 16.0 Å². The normalized spacial score (nSPS) is 17.7. The first-order chi connectivity index (χ1) is 14.2. The molecule has 1 amide bonds. The smallest absolute Gasteiger partial charge is 0.283 e. The number of thioether (sulfide) groups is 1. The fourth-order valence-corrected chi connectivity index (χ4v) is 4.70. The number of amides is 1. The second-order valence-corrected chi connectivity index (χ2v) is 9.11. The minimum Gasteiger partial charge on any atom is -0.318 e. The lowest BCUT2D eigenvalue weighted by Crippen LogP contribution is -2.35. The van der Waals surface area contributed by atoms with E-state index in [2.05, 4.69) is 46.7 Å². The van der Waals surface area contributed by atoms with Crippen molar-refractivity contribution in [3.8, 4) is 5.69 Å². The molecular weight excluding hydrogens is 394 g/mol. The summed E-state index contributed by atoms with van der Waals surface area (Å²) in [5, 5.41) is 15.8. The molecule has 1 aromatic heterocycles. The molecule has 7 heteroatoms. The first-order valence-electron chi connectivity index (χ1n) is 9.93. The fourth-order valence-electron chi connectivity index (χ4n) is 3.81. The average Bonchev–Trinajstić information content (AvgIpc) is 3.19. The number of aryl methyl sites for hydroxylation is 3. The molecule has 1 N–H and O–H groups in total. The number of fused-ring (bicyclic) bond motifs is 1. The van der Waals surface area contributed by atoms with Crippen molar-refractivity contribution in [2.45, 2.75) is 41.5 Å². The number of carbonyl (C=O) groups is 1. The number of nitrogens with one attached hydrogen (secondary N) is 1. The molecule has 0 fully saturated rings. The maximum absolute atomic E-state index is 12.7. The van der Waals surface area contributed by atoms with Gasteiger partial charge in [0.2, 0.25) is 5.17 Å². The second-order valence-electron chi connectivity index (χ2n) is 8.12. The SMILES string of the molecule is Cc1cc(C)cc(-n2c(C)cc(C=C3C(=N)N4N=C(C(C)C)SC4=NC3=O)c2C)c1. The summed E-state index contributed by atoms with van der Waals surface area (Å²) in [6, 6.07) is 8.50. The van der Waals surface area contributed by atoms with E-state index in [9.17, 15) is 4.79 Å². The minimum atomic E-state index is -0.393. The molecule has 0 atom stereocenters. The maximum Gasteiger partial charge on any atom is 0.283 e. The van der Waals surface area contributed by atoms with Gasteiger partial charge in [0, 0.05) is 23.0 Å². The van der Waals surface area contributed by atoms with Crippen molar-refractivity contribution in [3.05, 3.63) is 57.9 Å². The zero-order valence-corrected chi connectivity index (χ0v) is 18.9. The van der Waals surface area contributed by atoms with E-state index in [4.69, 9.17) is 5.41 Å². The molecule has 0 radical (unpaired) electrons. The van der Waals surface area contributed by atoms with Gasteiger partial charge in [0.25, 0.3) is 5.91 Å². The largest absolute Gasteiger partial charge is 0.318 e. The maximum atomic E-state index is 12.7. The van der Waals surface area contributed by atoms with Crippen LogP contribution in [0, 0.1) is 39.0 Å². The van der Waals surface area contributed by atoms with Crippen molar-refractivity contribution in [1.29, 1.82) is 5.41 Å². The summed E-state index contributed by atoms with van der Waals surface area (Å²) in [6.07, 6.45) is 1.76. The van der Waals surface area contributed by atoms with Crippen molar-refractivity contribution in [2.75, 3.05) is 0 Å². The Kier molecular flexibility index (Phi) is 5.02. The summed E-state index contributed by atoms with van der Waals surface area (Å²) in [5.41, 5.74) is 6.75. The highest BCUT2D eigenvalue weighted by Gasteiger charge is 2.36. The Morgan fingerprint density at radius 1 is 1.07 bits per heavy atom. The van der Waals surface area contributed by atoms with E-state index in [1.165, 1.54) is 27.9 Å². The molecule has 0 spiro atoms. The van der Waals surface area contributed by atoms with Crippen LogP contribution >= 0.6 is 11.8 Å². The highest BCUT2D eigenvalue weighted by molar-refractivity contribution is 8.27. The van der Waals surface area contributed by atoms with E-state index in [-0.39, 0.29) is 17.3 Å². The van der Waals surface area contributed by atoms with Gasteiger partial charge in [-0.2, -0.15) is 15.1 Å². The highest BCUT2D eigenvalue weighted by atomic mass is 32.2. The Bertz CT molecular complexity index is 1160. The molecular formula is C23H25N5OS. The molecule has 4 rings (SSSR count). The van der Waals surface area contributed by atoms with Gasteiger partial charge >= 0.3 is 0 Å². The quantitative estimate of drug-likeness (QED) is 0.713. The molecule has 2 aromatic rings. The van der Waals surface area contributed by atoms with E-state index >= 15 is 0 Å². The lowest BCUT2D eigenvalue weighted by molar-refractivity contribution is -0.114. The van der Waals surface area contributed by atoms with Gasteiger partial charge in [0.15, 0.2) is 5.84 Å². The summed E-state index contributed by atoms with van der Waals surface area (Å²) in [5.74, 6) is -0.102. The number of benzene rings is 1. The van der Waals surface area contributed by atoms with Crippen LogP contribution < -0.4 is 0 Å². The Hall–Kier alpha value is -2.93. The third-order valence-corrected chi connectivity index (χ3v) is 6.41. The Balaban J connectivity index is 1.76. The number of amidine groups is 2. The Morgan fingerprint density at radius 3 is 2.37 bits per heavy atom. The third kappa shape index (κ3) is 3.43. The summed E-state index contributed by atoms with van der Waals surface area (Å²) >= 11 is 1.36. The van der Waals surface area contributed by atoms with E-state index in [1.807, 2.05) is 33.8 Å². The molecule has 30 heavy (non-hydrogen) atoms. The van der Waals surface area contributed by atoms with Crippen LogP contribution in [0.2, 0.25) is 0 Å². The van der Waals surface area contributed by atoms with E-state index in [1.54, 1.807) is 6.08 Å². The number of aliphatic imine (C=N–C) groups is 1. The summed E-state index contributed by atoms with van der Waals surface area (Å²) in [6.45, 7) is 12.3. The topological polar surface area (TPSA) is 73.8 Å². The van der Waals surface area contributed by atoms with Crippen LogP contribution in [0.4, 0.5) is 0 Å². The molecule has 2 aliphatic rings. The Labute approximate surface area is 180 Å². The summed E-state index contributed by atoms with van der Waals surface area (Å²) < 4.78 is 2.18. The monoisotopic (exact) mass is 419 g/mol. The fraction of sp³-hybridized carbons (Fsp3) is 0.304. The van der Waals surface area contributed by atoms with Crippen LogP contribution in [0.1, 0.15) is 41.9 Å². The molecule has 6 nitrogen and oxygen atoms in total. The van der Waals surface area contributed by atoms with Gasteiger partial charge in [-0.15, -0.1) is 0 Å². The Morgan fingerprint density at radius 2 is 1.73 bits per heavy atom. The van der Waals surface area contributed by atoms with Crippen LogP contribution in [-0.4, -0.2) is 31.5 Å². The van der Waals surface area contributed by atoms with E-state index < -0.39 is 5.91 Å². The predicted molar refractivity (Wildman–Crippen MR) is 125 cm³/mol. The van der Waals surface area contributed by atoms with Gasteiger partial charge in [0.1, 0.15) is 5.04 Å². The van der Waals surface area contributed by atoms with Crippen molar-refractivity contribution < 1.29 is 4.79 Å². The molecule has 0 bridgehead atoms. The first kappa shape index (κ1) is 20.3. The van der Waals surface area contributed by atoms with E-state index in [0.29, 0.717) is 5.17 Å². The zero-order valence-electron chi connectivity index (χ0n) is 18.1. The molecule has 2 aliphatic heterocycles. The molecule has 0 saturated heterocycles. The third-order valence-electron chi connectivity index (χ3n) is 5.20. The molecule has 1 aromatic carbocycles. The second kappa shape index (κ2) is 7.40. The lowest BCUT2D eigenvalue weighted by Gasteiger charge is -2.20. The predicted octanol–water partition coefficient (Wildman–Crippen LogP) is 4.99. The first-order valence-corrected chi connectivity index (χ1v) is 10.7. The number of hydrogen-bond acceptors (Lipinski definition) is 4. The van der Waals surface area contributed by atoms with Gasteiger partial charge in [-0.1, -0.05) is 19.9 Å². The number of rotatable bonds is 3. The van der Waals surface area contributed by atoms with Crippen molar-refractivity contribution in [3.63, 3.8) is 0 Å². The number of aromatic nitrogens is 1. The number of hydrogen-bond donors (Lipinski definition) is 1. The minimum absolute atomic E-state index is 0.0735. The van der Waals surface area contributed by atoms with E-state index in [0.717, 1.165) is 27.7 Å². The van der Waals surface area contributed by atoms with Crippen molar-refractivity contribution >= 4 is 39.8 Å². The number of nitrogens with zero attached hydrogens (tertiary/aromatic N) is 4. The molecule has 154 valence electrons. The molecule has 0 aliphatic carbocycles. The van der Waals surface area contributed by atoms with Crippen LogP contribution in [0.25, 0.3) is 11.8 Å². The number of carbonyl (C=O) groups excluding carboxylic acids is 1. The highest BCUT2D eigenvalue weighted by Crippen LogP contribution is 2.31. The molecule has 0 saturated carbocycles. The van der Waals surface area contributed by atoms with Crippen molar-refractivity contribution in [1.82, 2.24) is 9.58 Å². The van der Waals surface area contributed by atoms with Crippen LogP contribution in [0.15, 0.2) is 39.9 Å². The van der Waals surface area contributed by atoms with Gasteiger partial charge < -0.3 is 4.57 Å². The van der Waals surface area contributed by atoms with Gasteiger partial charge in [-0.05, 0) is 80.4 Å². The summed E-state index contributed by atoms with van der Waals surface area (Å²) in [7, 11) is 0. The number of hydrazone groups is 1. The van der Waals surface area contributed by atoms with Gasteiger partial charge in [-0.3, -0.25) is 10.2 Å². The zero-order chi connectivity index (χ0) is 21.7.